The van der Waals surface area contributed by atoms with Gasteiger partial charge in [0.2, 0.25) is 15.9 Å². The van der Waals surface area contributed by atoms with Gasteiger partial charge in [-0.2, -0.15) is 4.31 Å². The molecule has 0 N–H and O–H groups in total. The zero-order chi connectivity index (χ0) is 18.4. The number of nitrogens with zero attached hydrogens (tertiary/aromatic N) is 3. The van der Waals surface area contributed by atoms with E-state index in [9.17, 15) is 13.2 Å². The van der Waals surface area contributed by atoms with Crippen molar-refractivity contribution in [1.82, 2.24) is 14.1 Å². The van der Waals surface area contributed by atoms with Gasteiger partial charge in [-0.15, -0.1) is 0 Å². The van der Waals surface area contributed by atoms with E-state index in [0.717, 1.165) is 38.4 Å². The van der Waals surface area contributed by atoms with E-state index in [1.54, 1.807) is 4.90 Å². The summed E-state index contributed by atoms with van der Waals surface area (Å²) in [5, 5.41) is 0. The Kier molecular flexibility index (Phi) is 6.63. The first-order chi connectivity index (χ1) is 12.5. The molecule has 26 heavy (non-hydrogen) atoms. The van der Waals surface area contributed by atoms with Gasteiger partial charge in [0, 0.05) is 52.2 Å². The van der Waals surface area contributed by atoms with Crippen LogP contribution in [-0.2, 0) is 25.3 Å². The van der Waals surface area contributed by atoms with Gasteiger partial charge >= 0.3 is 0 Å². The minimum absolute atomic E-state index is 0.0127. The van der Waals surface area contributed by atoms with Crippen molar-refractivity contribution in [2.75, 3.05) is 59.0 Å². The number of rotatable bonds is 6. The second-order valence-electron chi connectivity index (χ2n) is 6.73. The third-order valence-corrected chi connectivity index (χ3v) is 6.77. The van der Waals surface area contributed by atoms with E-state index in [0.29, 0.717) is 32.6 Å². The average molecular weight is 381 g/mol. The van der Waals surface area contributed by atoms with Crippen LogP contribution < -0.4 is 0 Å². The number of sulfonamides is 1. The van der Waals surface area contributed by atoms with Crippen LogP contribution in [0.4, 0.5) is 0 Å². The maximum atomic E-state index is 12.6. The lowest BCUT2D eigenvalue weighted by atomic mass is 10.2. The molecule has 2 saturated heterocycles. The minimum atomic E-state index is -3.34. The summed E-state index contributed by atoms with van der Waals surface area (Å²) in [7, 11) is -3.34. The van der Waals surface area contributed by atoms with Gasteiger partial charge in [-0.1, -0.05) is 30.3 Å². The zero-order valence-electron chi connectivity index (χ0n) is 15.0. The Bertz CT molecular complexity index is 682. The van der Waals surface area contributed by atoms with Gasteiger partial charge in [-0.3, -0.25) is 9.69 Å². The quantitative estimate of drug-likeness (QED) is 0.713. The number of piperazine rings is 1. The molecule has 0 saturated carbocycles. The molecule has 1 aromatic rings. The third-order valence-electron chi connectivity index (χ3n) is 4.92. The van der Waals surface area contributed by atoms with Crippen molar-refractivity contribution in [2.45, 2.75) is 12.2 Å². The summed E-state index contributed by atoms with van der Waals surface area (Å²) in [6.45, 7) is 5.63. The monoisotopic (exact) mass is 381 g/mol. The Morgan fingerprint density at radius 1 is 0.962 bits per heavy atom. The standard InChI is InChI=1S/C18H27N3O4S/c22-18(6-7-19-12-14-25-15-13-19)20-8-10-21(11-9-20)26(23,24)16-17-4-2-1-3-5-17/h1-5H,6-16H2. The predicted octanol–water partition coefficient (Wildman–Crippen LogP) is 0.383. The first kappa shape index (κ1) is 19.3. The second-order valence-corrected chi connectivity index (χ2v) is 8.69. The van der Waals surface area contributed by atoms with Crippen LogP contribution in [0.1, 0.15) is 12.0 Å². The van der Waals surface area contributed by atoms with Crippen LogP contribution in [0.15, 0.2) is 30.3 Å². The number of morpholine rings is 1. The molecule has 0 spiro atoms. The molecular formula is C18H27N3O4S. The number of carbonyl (C=O) groups excluding carboxylic acids is 1. The van der Waals surface area contributed by atoms with E-state index in [2.05, 4.69) is 4.90 Å². The van der Waals surface area contributed by atoms with Crippen molar-refractivity contribution in [3.05, 3.63) is 35.9 Å². The summed E-state index contributed by atoms with van der Waals surface area (Å²) in [4.78, 5) is 16.4. The second kappa shape index (κ2) is 8.94. The molecule has 0 bridgehead atoms. The predicted molar refractivity (Wildman–Crippen MR) is 99.1 cm³/mol. The van der Waals surface area contributed by atoms with Crippen LogP contribution >= 0.6 is 0 Å². The van der Waals surface area contributed by atoms with Crippen molar-refractivity contribution < 1.29 is 17.9 Å². The van der Waals surface area contributed by atoms with Crippen LogP contribution in [0.2, 0.25) is 0 Å². The summed E-state index contributed by atoms with van der Waals surface area (Å²) in [5.74, 6) is 0.121. The Hall–Kier alpha value is -1.48. The van der Waals surface area contributed by atoms with Crippen molar-refractivity contribution in [1.29, 1.82) is 0 Å². The topological polar surface area (TPSA) is 70.2 Å². The Labute approximate surface area is 155 Å². The molecule has 0 atom stereocenters. The summed E-state index contributed by atoms with van der Waals surface area (Å²) in [6.07, 6.45) is 0.483. The number of benzene rings is 1. The fourth-order valence-corrected chi connectivity index (χ4v) is 4.84. The lowest BCUT2D eigenvalue weighted by Gasteiger charge is -2.34. The number of carbonyl (C=O) groups is 1. The number of hydrogen-bond donors (Lipinski definition) is 0. The van der Waals surface area contributed by atoms with E-state index < -0.39 is 10.0 Å². The maximum absolute atomic E-state index is 12.6. The zero-order valence-corrected chi connectivity index (χ0v) is 15.9. The molecule has 2 heterocycles. The highest BCUT2D eigenvalue weighted by Crippen LogP contribution is 2.14. The maximum Gasteiger partial charge on any atom is 0.223 e. The van der Waals surface area contributed by atoms with Crippen molar-refractivity contribution in [3.8, 4) is 0 Å². The van der Waals surface area contributed by atoms with Gasteiger partial charge < -0.3 is 9.64 Å². The fraction of sp³-hybridized carbons (Fsp3) is 0.611. The molecule has 3 rings (SSSR count). The summed E-state index contributed by atoms with van der Waals surface area (Å²) in [6, 6.07) is 9.20. The van der Waals surface area contributed by atoms with E-state index in [-0.39, 0.29) is 11.7 Å². The normalized spacial score (nSPS) is 20.2. The molecule has 0 unspecified atom stereocenters. The molecule has 0 aromatic heterocycles. The lowest BCUT2D eigenvalue weighted by Crippen LogP contribution is -2.51. The van der Waals surface area contributed by atoms with Crippen LogP contribution in [0.5, 0.6) is 0 Å². The van der Waals surface area contributed by atoms with E-state index in [1.807, 2.05) is 30.3 Å². The first-order valence-electron chi connectivity index (χ1n) is 9.14. The van der Waals surface area contributed by atoms with E-state index in [1.165, 1.54) is 4.31 Å². The molecule has 7 nitrogen and oxygen atoms in total. The third kappa shape index (κ3) is 5.26. The summed E-state index contributed by atoms with van der Waals surface area (Å²) >= 11 is 0. The van der Waals surface area contributed by atoms with Gasteiger partial charge in [-0.05, 0) is 5.56 Å². The highest BCUT2D eigenvalue weighted by Gasteiger charge is 2.29. The molecule has 2 aliphatic heterocycles. The number of amides is 1. The first-order valence-corrected chi connectivity index (χ1v) is 10.8. The van der Waals surface area contributed by atoms with E-state index in [4.69, 9.17) is 4.74 Å². The highest BCUT2D eigenvalue weighted by molar-refractivity contribution is 7.88. The molecule has 8 heteroatoms. The van der Waals surface area contributed by atoms with Crippen molar-refractivity contribution in [3.63, 3.8) is 0 Å². The molecule has 0 radical (unpaired) electrons. The van der Waals surface area contributed by atoms with Crippen LogP contribution in [0.25, 0.3) is 0 Å². The average Bonchev–Trinajstić information content (AvgIpc) is 2.67. The molecule has 2 aliphatic rings. The molecule has 1 aromatic carbocycles. The molecule has 0 aliphatic carbocycles. The smallest absolute Gasteiger partial charge is 0.223 e. The minimum Gasteiger partial charge on any atom is -0.379 e. The molecular weight excluding hydrogens is 354 g/mol. The molecule has 144 valence electrons. The lowest BCUT2D eigenvalue weighted by molar-refractivity contribution is -0.133. The SMILES string of the molecule is O=C(CCN1CCOCC1)N1CCN(S(=O)(=O)Cc2ccccc2)CC1. The number of hydrogen-bond acceptors (Lipinski definition) is 5. The fourth-order valence-electron chi connectivity index (χ4n) is 3.33. The van der Waals surface area contributed by atoms with Crippen LogP contribution in [0, 0.1) is 0 Å². The van der Waals surface area contributed by atoms with Crippen molar-refractivity contribution in [2.24, 2.45) is 0 Å². The Morgan fingerprint density at radius 2 is 1.62 bits per heavy atom. The summed E-state index contributed by atoms with van der Waals surface area (Å²) in [5.41, 5.74) is 0.788. The highest BCUT2D eigenvalue weighted by atomic mass is 32.2. The Morgan fingerprint density at radius 3 is 2.27 bits per heavy atom. The molecule has 2 fully saturated rings. The van der Waals surface area contributed by atoms with Gasteiger partial charge in [0.1, 0.15) is 0 Å². The van der Waals surface area contributed by atoms with Gasteiger partial charge in [-0.25, -0.2) is 8.42 Å². The van der Waals surface area contributed by atoms with Crippen molar-refractivity contribution >= 4 is 15.9 Å². The molecule has 1 amide bonds. The van der Waals surface area contributed by atoms with E-state index >= 15 is 0 Å². The summed E-state index contributed by atoms with van der Waals surface area (Å²) < 4.78 is 32.0. The van der Waals surface area contributed by atoms with Crippen LogP contribution in [-0.4, -0.2) is 87.5 Å². The Balaban J connectivity index is 1.45. The van der Waals surface area contributed by atoms with Crippen LogP contribution in [0.3, 0.4) is 0 Å². The number of ether oxygens (including phenoxy) is 1. The van der Waals surface area contributed by atoms with Gasteiger partial charge in [0.15, 0.2) is 0 Å². The largest absolute Gasteiger partial charge is 0.379 e. The van der Waals surface area contributed by atoms with Gasteiger partial charge in [0.25, 0.3) is 0 Å². The van der Waals surface area contributed by atoms with Gasteiger partial charge in [0.05, 0.1) is 19.0 Å².